The molecule has 112 valence electrons. The van der Waals surface area contributed by atoms with Crippen molar-refractivity contribution in [2.45, 2.75) is 76.9 Å². The monoisotopic (exact) mass is 270 g/mol. The molecule has 19 heavy (non-hydrogen) atoms. The van der Waals surface area contributed by atoms with Crippen LogP contribution in [0.5, 0.6) is 0 Å². The average Bonchev–Trinajstić information content (AvgIpc) is 2.42. The zero-order valence-corrected chi connectivity index (χ0v) is 12.7. The van der Waals surface area contributed by atoms with Crippen LogP contribution in [0.2, 0.25) is 0 Å². The van der Waals surface area contributed by atoms with Gasteiger partial charge in [-0.15, -0.1) is 0 Å². The smallest absolute Gasteiger partial charge is 0.157 e. The van der Waals surface area contributed by atoms with Crippen LogP contribution in [0.25, 0.3) is 0 Å². The first kappa shape index (κ1) is 16.6. The molecule has 1 fully saturated rings. The van der Waals surface area contributed by atoms with Crippen LogP contribution in [0, 0.1) is 5.92 Å². The van der Waals surface area contributed by atoms with Gasteiger partial charge < -0.3 is 9.47 Å². The molecular formula is C16H30O3. The average molecular weight is 270 g/mol. The van der Waals surface area contributed by atoms with Crippen LogP contribution in [0.3, 0.4) is 0 Å². The Morgan fingerprint density at radius 1 is 0.947 bits per heavy atom. The highest BCUT2D eigenvalue weighted by Crippen LogP contribution is 2.23. The second-order valence-corrected chi connectivity index (χ2v) is 5.67. The zero-order chi connectivity index (χ0) is 13.9. The lowest BCUT2D eigenvalue weighted by Gasteiger charge is -2.21. The molecule has 3 heteroatoms. The van der Waals surface area contributed by atoms with Crippen LogP contribution in [0.4, 0.5) is 0 Å². The predicted molar refractivity (Wildman–Crippen MR) is 77.1 cm³/mol. The number of methoxy groups -OCH3 is 2. The summed E-state index contributed by atoms with van der Waals surface area (Å²) >= 11 is 0. The van der Waals surface area contributed by atoms with Crippen molar-refractivity contribution < 1.29 is 14.3 Å². The van der Waals surface area contributed by atoms with Crippen molar-refractivity contribution in [3.05, 3.63) is 0 Å². The van der Waals surface area contributed by atoms with Crippen LogP contribution < -0.4 is 0 Å². The van der Waals surface area contributed by atoms with Gasteiger partial charge in [-0.1, -0.05) is 44.9 Å². The molecule has 0 spiro atoms. The third kappa shape index (κ3) is 7.07. The van der Waals surface area contributed by atoms with E-state index in [1.165, 1.54) is 38.5 Å². The number of carbonyl (C=O) groups is 1. The minimum absolute atomic E-state index is 0.129. The number of ketones is 1. The van der Waals surface area contributed by atoms with Crippen molar-refractivity contribution in [3.8, 4) is 0 Å². The lowest BCUT2D eigenvalue weighted by atomic mass is 9.89. The molecule has 0 radical (unpaired) electrons. The van der Waals surface area contributed by atoms with Gasteiger partial charge in [-0.2, -0.15) is 0 Å². The van der Waals surface area contributed by atoms with Gasteiger partial charge in [0.1, 0.15) is 5.78 Å². The Hall–Kier alpha value is -0.410. The lowest BCUT2D eigenvalue weighted by molar-refractivity contribution is -0.135. The summed E-state index contributed by atoms with van der Waals surface area (Å²) in [6.45, 7) is 0. The molecule has 1 aliphatic rings. The highest BCUT2D eigenvalue weighted by atomic mass is 16.7. The van der Waals surface area contributed by atoms with Gasteiger partial charge in [-0.05, 0) is 12.8 Å². The SMILES string of the molecule is COC(CC1CCCCCCCCCCC1=O)OC. The van der Waals surface area contributed by atoms with E-state index in [-0.39, 0.29) is 12.2 Å². The third-order valence-electron chi connectivity index (χ3n) is 4.18. The van der Waals surface area contributed by atoms with E-state index in [1.807, 2.05) is 0 Å². The van der Waals surface area contributed by atoms with E-state index in [1.54, 1.807) is 14.2 Å². The van der Waals surface area contributed by atoms with Gasteiger partial charge >= 0.3 is 0 Å². The van der Waals surface area contributed by atoms with Gasteiger partial charge in [0.05, 0.1) is 0 Å². The normalized spacial score (nSPS) is 23.9. The summed E-state index contributed by atoms with van der Waals surface area (Å²) in [4.78, 5) is 12.3. The van der Waals surface area contributed by atoms with Gasteiger partial charge in [0.15, 0.2) is 6.29 Å². The molecule has 0 aliphatic heterocycles. The molecule has 3 nitrogen and oxygen atoms in total. The molecule has 0 aromatic rings. The van der Waals surface area contributed by atoms with E-state index >= 15 is 0 Å². The van der Waals surface area contributed by atoms with Crippen molar-refractivity contribution in [2.75, 3.05) is 14.2 Å². The van der Waals surface area contributed by atoms with Crippen molar-refractivity contribution in [1.29, 1.82) is 0 Å². The number of ether oxygens (including phenoxy) is 2. The van der Waals surface area contributed by atoms with Gasteiger partial charge in [0, 0.05) is 33.0 Å². The largest absolute Gasteiger partial charge is 0.356 e. The molecular weight excluding hydrogens is 240 g/mol. The maximum Gasteiger partial charge on any atom is 0.157 e. The van der Waals surface area contributed by atoms with Crippen LogP contribution in [0.1, 0.15) is 70.6 Å². The Balaban J connectivity index is 2.48. The molecule has 1 atom stereocenters. The summed E-state index contributed by atoms with van der Waals surface area (Å²) in [5.74, 6) is 0.545. The first-order chi connectivity index (χ1) is 9.27. The number of hydrogen-bond acceptors (Lipinski definition) is 3. The van der Waals surface area contributed by atoms with Crippen LogP contribution in [-0.2, 0) is 14.3 Å². The maximum atomic E-state index is 12.3. The Bertz CT molecular complexity index is 236. The van der Waals surface area contributed by atoms with Crippen molar-refractivity contribution in [3.63, 3.8) is 0 Å². The van der Waals surface area contributed by atoms with Crippen molar-refractivity contribution >= 4 is 5.78 Å². The topological polar surface area (TPSA) is 35.5 Å². The lowest BCUT2D eigenvalue weighted by Crippen LogP contribution is -2.24. The zero-order valence-electron chi connectivity index (χ0n) is 12.7. The number of carbonyl (C=O) groups excluding carboxylic acids is 1. The summed E-state index contributed by atoms with van der Waals surface area (Å²) in [6, 6.07) is 0. The molecule has 0 aromatic heterocycles. The second-order valence-electron chi connectivity index (χ2n) is 5.67. The fourth-order valence-electron chi connectivity index (χ4n) is 2.89. The summed E-state index contributed by atoms with van der Waals surface area (Å²) in [7, 11) is 3.29. The molecule has 0 N–H and O–H groups in total. The molecule has 0 bridgehead atoms. The fourth-order valence-corrected chi connectivity index (χ4v) is 2.89. The molecule has 0 aromatic carbocycles. The van der Waals surface area contributed by atoms with E-state index < -0.39 is 0 Å². The molecule has 0 amide bonds. The van der Waals surface area contributed by atoms with Gasteiger partial charge in [0.25, 0.3) is 0 Å². The van der Waals surface area contributed by atoms with E-state index in [2.05, 4.69) is 0 Å². The van der Waals surface area contributed by atoms with Gasteiger partial charge in [-0.3, -0.25) is 4.79 Å². The molecule has 1 aliphatic carbocycles. The highest BCUT2D eigenvalue weighted by Gasteiger charge is 2.22. The minimum atomic E-state index is -0.234. The standard InChI is InChI=1S/C16H30O3/c1-18-16(19-2)13-14-11-9-7-5-3-4-6-8-10-12-15(14)17/h14,16H,3-13H2,1-2H3. The Kier molecular flexibility index (Phi) is 9.10. The molecule has 0 saturated heterocycles. The molecule has 0 heterocycles. The fraction of sp³-hybridized carbons (Fsp3) is 0.938. The maximum absolute atomic E-state index is 12.3. The molecule has 1 rings (SSSR count). The summed E-state index contributed by atoms with van der Waals surface area (Å²) < 4.78 is 10.5. The van der Waals surface area contributed by atoms with Crippen molar-refractivity contribution in [2.24, 2.45) is 5.92 Å². The summed E-state index contributed by atoms with van der Waals surface area (Å²) in [5, 5.41) is 0. The number of Topliss-reactive ketones (excluding diaryl/α,β-unsaturated/α-hetero) is 1. The quantitative estimate of drug-likeness (QED) is 0.722. The minimum Gasteiger partial charge on any atom is -0.356 e. The van der Waals surface area contributed by atoms with E-state index in [0.29, 0.717) is 12.2 Å². The van der Waals surface area contributed by atoms with E-state index in [0.717, 1.165) is 25.7 Å². The Morgan fingerprint density at radius 3 is 2.05 bits per heavy atom. The summed E-state index contributed by atoms with van der Waals surface area (Å²) in [6.07, 6.45) is 12.2. The van der Waals surface area contributed by atoms with Gasteiger partial charge in [0.2, 0.25) is 0 Å². The van der Waals surface area contributed by atoms with Crippen LogP contribution in [-0.4, -0.2) is 26.3 Å². The number of rotatable bonds is 4. The third-order valence-corrected chi connectivity index (χ3v) is 4.18. The highest BCUT2D eigenvalue weighted by molar-refractivity contribution is 5.80. The summed E-state index contributed by atoms with van der Waals surface area (Å²) in [5.41, 5.74) is 0. The Labute approximate surface area is 118 Å². The predicted octanol–water partition coefficient (Wildman–Crippen LogP) is 4.10. The van der Waals surface area contributed by atoms with E-state index in [9.17, 15) is 4.79 Å². The van der Waals surface area contributed by atoms with Crippen LogP contribution >= 0.6 is 0 Å². The van der Waals surface area contributed by atoms with Crippen LogP contribution in [0.15, 0.2) is 0 Å². The Morgan fingerprint density at radius 2 is 1.47 bits per heavy atom. The molecule has 1 unspecified atom stereocenters. The first-order valence-electron chi connectivity index (χ1n) is 7.86. The second kappa shape index (κ2) is 10.4. The van der Waals surface area contributed by atoms with Crippen molar-refractivity contribution in [1.82, 2.24) is 0 Å². The first-order valence-corrected chi connectivity index (χ1v) is 7.86. The number of hydrogen-bond donors (Lipinski definition) is 0. The van der Waals surface area contributed by atoms with Gasteiger partial charge in [-0.25, -0.2) is 0 Å². The molecule has 1 saturated carbocycles. The van der Waals surface area contributed by atoms with E-state index in [4.69, 9.17) is 9.47 Å².